The van der Waals surface area contributed by atoms with Crippen LogP contribution in [0.15, 0.2) is 84.4 Å². The van der Waals surface area contributed by atoms with Crippen molar-refractivity contribution in [2.45, 2.75) is 19.4 Å². The smallest absolute Gasteiger partial charge is 0.295 e. The molecule has 1 N–H and O–H groups in total. The summed E-state index contributed by atoms with van der Waals surface area (Å²) >= 11 is 0. The molecular formula is C27H24N2O6. The van der Waals surface area contributed by atoms with E-state index in [2.05, 4.69) is 0 Å². The van der Waals surface area contributed by atoms with E-state index >= 15 is 0 Å². The molecule has 1 atom stereocenters. The summed E-state index contributed by atoms with van der Waals surface area (Å²) < 4.78 is 5.43. The molecule has 8 heteroatoms. The van der Waals surface area contributed by atoms with Crippen molar-refractivity contribution in [2.24, 2.45) is 0 Å². The summed E-state index contributed by atoms with van der Waals surface area (Å²) in [5.41, 5.74) is 1.41. The molecule has 1 unspecified atom stereocenters. The third kappa shape index (κ3) is 4.91. The SMILES string of the molecule is CCOc1ccc(/C(O)=C2\C(=O)C(=O)N(CCc3ccccc3)C2c2cccc([N+](=O)[O-])c2)cc1. The molecule has 0 aromatic heterocycles. The van der Waals surface area contributed by atoms with Crippen LogP contribution in [0.1, 0.15) is 29.7 Å². The summed E-state index contributed by atoms with van der Waals surface area (Å²) in [7, 11) is 0. The number of aliphatic hydroxyl groups is 1. The number of nitrogens with zero attached hydrogens (tertiary/aromatic N) is 2. The molecule has 4 rings (SSSR count). The Kier molecular flexibility index (Phi) is 6.91. The molecule has 178 valence electrons. The first-order chi connectivity index (χ1) is 16.9. The topological polar surface area (TPSA) is 110 Å². The second kappa shape index (κ2) is 10.2. The normalized spacial score (nSPS) is 16.9. The highest BCUT2D eigenvalue weighted by Crippen LogP contribution is 2.40. The number of non-ortho nitro benzene ring substituents is 1. The third-order valence-electron chi connectivity index (χ3n) is 5.86. The lowest BCUT2D eigenvalue weighted by Crippen LogP contribution is -2.31. The molecule has 35 heavy (non-hydrogen) atoms. The molecule has 0 aliphatic carbocycles. The molecule has 1 saturated heterocycles. The summed E-state index contributed by atoms with van der Waals surface area (Å²) in [6, 6.07) is 20.8. The van der Waals surface area contributed by atoms with E-state index in [1.54, 1.807) is 30.3 Å². The van der Waals surface area contributed by atoms with Gasteiger partial charge in [-0.3, -0.25) is 19.7 Å². The van der Waals surface area contributed by atoms with Gasteiger partial charge in [0.15, 0.2) is 0 Å². The molecule has 3 aromatic rings. The van der Waals surface area contributed by atoms with Gasteiger partial charge in [-0.25, -0.2) is 0 Å². The highest BCUT2D eigenvalue weighted by molar-refractivity contribution is 6.46. The molecule has 3 aromatic carbocycles. The summed E-state index contributed by atoms with van der Waals surface area (Å²) in [4.78, 5) is 38.5. The monoisotopic (exact) mass is 472 g/mol. The highest BCUT2D eigenvalue weighted by Gasteiger charge is 2.46. The fourth-order valence-corrected chi connectivity index (χ4v) is 4.19. The van der Waals surface area contributed by atoms with Gasteiger partial charge >= 0.3 is 0 Å². The quantitative estimate of drug-likeness (QED) is 0.168. The highest BCUT2D eigenvalue weighted by atomic mass is 16.6. The van der Waals surface area contributed by atoms with Gasteiger partial charge in [-0.05, 0) is 48.7 Å². The van der Waals surface area contributed by atoms with Crippen LogP contribution in [0.3, 0.4) is 0 Å². The van der Waals surface area contributed by atoms with Crippen molar-refractivity contribution in [2.75, 3.05) is 13.2 Å². The van der Waals surface area contributed by atoms with Gasteiger partial charge < -0.3 is 14.7 Å². The molecule has 1 heterocycles. The van der Waals surface area contributed by atoms with Gasteiger partial charge in [0.05, 0.1) is 23.1 Å². The number of amides is 1. The van der Waals surface area contributed by atoms with Crippen LogP contribution < -0.4 is 4.74 Å². The van der Waals surface area contributed by atoms with Gasteiger partial charge in [-0.2, -0.15) is 0 Å². The van der Waals surface area contributed by atoms with E-state index in [0.717, 1.165) is 5.56 Å². The van der Waals surface area contributed by atoms with E-state index in [0.29, 0.717) is 29.9 Å². The van der Waals surface area contributed by atoms with Crippen LogP contribution in [0.5, 0.6) is 5.75 Å². The minimum Gasteiger partial charge on any atom is -0.507 e. The van der Waals surface area contributed by atoms with E-state index in [1.807, 2.05) is 37.3 Å². The number of carbonyl (C=O) groups is 2. The second-order valence-corrected chi connectivity index (χ2v) is 8.04. The van der Waals surface area contributed by atoms with Crippen molar-refractivity contribution in [3.63, 3.8) is 0 Å². The minimum absolute atomic E-state index is 0.104. The van der Waals surface area contributed by atoms with Gasteiger partial charge in [-0.1, -0.05) is 42.5 Å². The van der Waals surface area contributed by atoms with Gasteiger partial charge in [0.2, 0.25) is 0 Å². The van der Waals surface area contributed by atoms with Gasteiger partial charge in [0.1, 0.15) is 11.5 Å². The van der Waals surface area contributed by atoms with Gasteiger partial charge in [0, 0.05) is 24.2 Å². The first-order valence-corrected chi connectivity index (χ1v) is 11.2. The van der Waals surface area contributed by atoms with Crippen LogP contribution in [0.4, 0.5) is 5.69 Å². The number of rotatable bonds is 8. The lowest BCUT2D eigenvalue weighted by Gasteiger charge is -2.25. The molecule has 1 fully saturated rings. The molecular weight excluding hydrogens is 448 g/mol. The Morgan fingerprint density at radius 1 is 1.03 bits per heavy atom. The first kappa shape index (κ1) is 23.7. The zero-order valence-electron chi connectivity index (χ0n) is 19.1. The Hall–Kier alpha value is -4.46. The van der Waals surface area contributed by atoms with Crippen molar-refractivity contribution < 1.29 is 24.4 Å². The molecule has 1 amide bonds. The molecule has 0 bridgehead atoms. The second-order valence-electron chi connectivity index (χ2n) is 8.04. The Bertz CT molecular complexity index is 1280. The number of aliphatic hydroxyl groups excluding tert-OH is 1. The summed E-state index contributed by atoms with van der Waals surface area (Å²) in [5, 5.41) is 22.5. The maximum atomic E-state index is 13.1. The number of hydrogen-bond donors (Lipinski definition) is 1. The number of likely N-dealkylation sites (tertiary alicyclic amines) is 1. The predicted octanol–water partition coefficient (Wildman–Crippen LogP) is 4.66. The zero-order chi connectivity index (χ0) is 24.9. The van der Waals surface area contributed by atoms with E-state index in [-0.39, 0.29) is 23.6 Å². The van der Waals surface area contributed by atoms with Crippen LogP contribution >= 0.6 is 0 Å². The van der Waals surface area contributed by atoms with Crippen molar-refractivity contribution in [3.8, 4) is 5.75 Å². The van der Waals surface area contributed by atoms with Crippen molar-refractivity contribution in [1.82, 2.24) is 4.90 Å². The van der Waals surface area contributed by atoms with Crippen LogP contribution in [0, 0.1) is 10.1 Å². The lowest BCUT2D eigenvalue weighted by atomic mass is 9.95. The molecule has 1 aliphatic heterocycles. The van der Waals surface area contributed by atoms with Crippen LogP contribution in [-0.2, 0) is 16.0 Å². The number of benzene rings is 3. The van der Waals surface area contributed by atoms with E-state index in [9.17, 15) is 24.8 Å². The zero-order valence-corrected chi connectivity index (χ0v) is 19.1. The summed E-state index contributed by atoms with van der Waals surface area (Å²) in [6.07, 6.45) is 0.475. The van der Waals surface area contributed by atoms with Gasteiger partial charge in [0.25, 0.3) is 17.4 Å². The predicted molar refractivity (Wildman–Crippen MR) is 130 cm³/mol. The minimum atomic E-state index is -0.967. The molecule has 8 nitrogen and oxygen atoms in total. The summed E-state index contributed by atoms with van der Waals surface area (Å²) in [5.74, 6) is -1.33. The number of nitro groups is 1. The van der Waals surface area contributed by atoms with E-state index < -0.39 is 22.7 Å². The maximum Gasteiger partial charge on any atom is 0.295 e. The fraction of sp³-hybridized carbons (Fsp3) is 0.185. The molecule has 0 saturated carbocycles. The average molecular weight is 472 g/mol. The Labute approximate surface area is 202 Å². The molecule has 1 aliphatic rings. The molecule has 0 spiro atoms. The van der Waals surface area contributed by atoms with E-state index in [1.165, 1.54) is 23.1 Å². The Morgan fingerprint density at radius 2 is 1.74 bits per heavy atom. The fourth-order valence-electron chi connectivity index (χ4n) is 4.19. The van der Waals surface area contributed by atoms with Crippen molar-refractivity contribution >= 4 is 23.1 Å². The van der Waals surface area contributed by atoms with Crippen LogP contribution in [0.2, 0.25) is 0 Å². The van der Waals surface area contributed by atoms with Crippen molar-refractivity contribution in [1.29, 1.82) is 0 Å². The maximum absolute atomic E-state index is 13.1. The largest absolute Gasteiger partial charge is 0.507 e. The van der Waals surface area contributed by atoms with E-state index in [4.69, 9.17) is 4.74 Å². The average Bonchev–Trinajstić information content (AvgIpc) is 3.13. The first-order valence-electron chi connectivity index (χ1n) is 11.2. The van der Waals surface area contributed by atoms with Gasteiger partial charge in [-0.15, -0.1) is 0 Å². The summed E-state index contributed by atoms with van der Waals surface area (Å²) in [6.45, 7) is 2.52. The number of nitro benzene ring substituents is 1. The lowest BCUT2D eigenvalue weighted by molar-refractivity contribution is -0.384. The van der Waals surface area contributed by atoms with Crippen LogP contribution in [0.25, 0.3) is 5.76 Å². The third-order valence-corrected chi connectivity index (χ3v) is 5.86. The number of hydrogen-bond acceptors (Lipinski definition) is 6. The van der Waals surface area contributed by atoms with Crippen molar-refractivity contribution in [3.05, 3.63) is 111 Å². The number of carbonyl (C=O) groups excluding carboxylic acids is 2. The number of Topliss-reactive ketones (excluding diaryl/α,β-unsaturated/α-hetero) is 1. The standard InChI is InChI=1S/C27H24N2O6/c1-2-35-22-13-11-19(12-14-22)25(30)23-24(20-9-6-10-21(17-20)29(33)34)28(27(32)26(23)31)16-15-18-7-4-3-5-8-18/h3-14,17,24,30H,2,15-16H2,1H3/b25-23+. The Morgan fingerprint density at radius 3 is 2.40 bits per heavy atom. The number of ketones is 1. The Balaban J connectivity index is 1.79. The number of ether oxygens (including phenoxy) is 1. The van der Waals surface area contributed by atoms with Crippen LogP contribution in [-0.4, -0.2) is 39.8 Å². The molecule has 0 radical (unpaired) electrons.